The van der Waals surface area contributed by atoms with Crippen LogP contribution < -0.4 is 10.6 Å². The van der Waals surface area contributed by atoms with E-state index >= 15 is 0 Å². The highest BCUT2D eigenvalue weighted by Gasteiger charge is 2.01. The molecule has 0 aliphatic rings. The standard InChI is InChI=1S/C18H16Cl2N4/c19-14-4-6-16(7-5-14)23-18-22-11-9-17(24-18)21-10-8-13-2-1-3-15(20)12-13/h1-7,9,11-12H,8,10H2,(H2,21,22,23,24). The van der Waals surface area contributed by atoms with Crippen LogP contribution in [0.5, 0.6) is 0 Å². The smallest absolute Gasteiger partial charge is 0.229 e. The molecule has 0 aliphatic carbocycles. The van der Waals surface area contributed by atoms with Gasteiger partial charge in [0.05, 0.1) is 0 Å². The lowest BCUT2D eigenvalue weighted by atomic mass is 10.1. The molecule has 3 rings (SSSR count). The van der Waals surface area contributed by atoms with Gasteiger partial charge in [-0.05, 0) is 54.4 Å². The highest BCUT2D eigenvalue weighted by atomic mass is 35.5. The van der Waals surface area contributed by atoms with Gasteiger partial charge in [-0.25, -0.2) is 4.98 Å². The molecule has 24 heavy (non-hydrogen) atoms. The molecule has 0 fully saturated rings. The fourth-order valence-electron chi connectivity index (χ4n) is 2.21. The molecule has 0 atom stereocenters. The lowest BCUT2D eigenvalue weighted by molar-refractivity contribution is 1.00. The van der Waals surface area contributed by atoms with Crippen molar-refractivity contribution in [2.45, 2.75) is 6.42 Å². The van der Waals surface area contributed by atoms with Gasteiger partial charge in [0.2, 0.25) is 5.95 Å². The first-order chi connectivity index (χ1) is 11.7. The van der Waals surface area contributed by atoms with Crippen LogP contribution in [0.2, 0.25) is 10.0 Å². The maximum absolute atomic E-state index is 5.99. The van der Waals surface area contributed by atoms with E-state index in [1.54, 1.807) is 6.20 Å². The molecule has 3 aromatic rings. The van der Waals surface area contributed by atoms with E-state index in [0.29, 0.717) is 11.0 Å². The highest BCUT2D eigenvalue weighted by Crippen LogP contribution is 2.17. The average Bonchev–Trinajstić information content (AvgIpc) is 2.58. The van der Waals surface area contributed by atoms with Crippen LogP contribution in [0.25, 0.3) is 0 Å². The van der Waals surface area contributed by atoms with Crippen molar-refractivity contribution in [2.75, 3.05) is 17.2 Å². The Morgan fingerprint density at radius 3 is 2.54 bits per heavy atom. The fraction of sp³-hybridized carbons (Fsp3) is 0.111. The largest absolute Gasteiger partial charge is 0.370 e. The quantitative estimate of drug-likeness (QED) is 0.637. The molecule has 0 aliphatic heterocycles. The number of nitrogens with one attached hydrogen (secondary N) is 2. The number of nitrogens with zero attached hydrogens (tertiary/aromatic N) is 2. The Labute approximate surface area is 150 Å². The van der Waals surface area contributed by atoms with Crippen LogP contribution in [0.15, 0.2) is 60.8 Å². The van der Waals surface area contributed by atoms with Crippen molar-refractivity contribution in [1.29, 1.82) is 0 Å². The summed E-state index contributed by atoms with van der Waals surface area (Å²) in [5.41, 5.74) is 2.07. The number of hydrogen-bond donors (Lipinski definition) is 2. The molecule has 0 saturated carbocycles. The van der Waals surface area contributed by atoms with Crippen LogP contribution in [0, 0.1) is 0 Å². The second-order valence-corrected chi connectivity index (χ2v) is 6.08. The first-order valence-corrected chi connectivity index (χ1v) is 8.28. The Hall–Kier alpha value is -2.30. The van der Waals surface area contributed by atoms with Crippen LogP contribution >= 0.6 is 23.2 Å². The zero-order valence-electron chi connectivity index (χ0n) is 12.8. The normalized spacial score (nSPS) is 10.4. The Morgan fingerprint density at radius 2 is 1.75 bits per heavy atom. The summed E-state index contributed by atoms with van der Waals surface area (Å²) in [7, 11) is 0. The number of hydrogen-bond acceptors (Lipinski definition) is 4. The van der Waals surface area contributed by atoms with Crippen molar-refractivity contribution >= 4 is 40.7 Å². The fourth-order valence-corrected chi connectivity index (χ4v) is 2.55. The molecule has 0 unspecified atom stereocenters. The molecule has 6 heteroatoms. The molecule has 0 radical (unpaired) electrons. The van der Waals surface area contributed by atoms with E-state index in [1.165, 1.54) is 5.56 Å². The molecule has 2 N–H and O–H groups in total. The van der Waals surface area contributed by atoms with Crippen molar-refractivity contribution in [2.24, 2.45) is 0 Å². The van der Waals surface area contributed by atoms with Gasteiger partial charge < -0.3 is 10.6 Å². The van der Waals surface area contributed by atoms with Crippen molar-refractivity contribution in [3.05, 3.63) is 76.4 Å². The number of anilines is 3. The van der Waals surface area contributed by atoms with Crippen LogP contribution in [0.4, 0.5) is 17.5 Å². The maximum atomic E-state index is 5.99. The zero-order valence-corrected chi connectivity index (χ0v) is 14.3. The molecular formula is C18H16Cl2N4. The van der Waals surface area contributed by atoms with Gasteiger partial charge in [0.15, 0.2) is 0 Å². The van der Waals surface area contributed by atoms with Crippen molar-refractivity contribution in [3.8, 4) is 0 Å². The van der Waals surface area contributed by atoms with Crippen molar-refractivity contribution < 1.29 is 0 Å². The number of halogens is 2. The van der Waals surface area contributed by atoms with Gasteiger partial charge in [-0.1, -0.05) is 35.3 Å². The molecule has 0 saturated heterocycles. The molecule has 1 aromatic heterocycles. The van der Waals surface area contributed by atoms with Crippen molar-refractivity contribution in [3.63, 3.8) is 0 Å². The summed E-state index contributed by atoms with van der Waals surface area (Å²) in [5, 5.41) is 7.89. The van der Waals surface area contributed by atoms with E-state index in [9.17, 15) is 0 Å². The highest BCUT2D eigenvalue weighted by molar-refractivity contribution is 6.30. The minimum atomic E-state index is 0.532. The first-order valence-electron chi connectivity index (χ1n) is 7.53. The number of aromatic nitrogens is 2. The summed E-state index contributed by atoms with van der Waals surface area (Å²) >= 11 is 11.9. The van der Waals surface area contributed by atoms with Crippen LogP contribution in [-0.4, -0.2) is 16.5 Å². The Morgan fingerprint density at radius 1 is 0.917 bits per heavy atom. The monoisotopic (exact) mass is 358 g/mol. The van der Waals surface area contributed by atoms with E-state index in [0.717, 1.165) is 29.5 Å². The van der Waals surface area contributed by atoms with Crippen LogP contribution in [0.1, 0.15) is 5.56 Å². The lowest BCUT2D eigenvalue weighted by Crippen LogP contribution is -2.07. The van der Waals surface area contributed by atoms with Crippen LogP contribution in [0.3, 0.4) is 0 Å². The molecule has 0 amide bonds. The third-order valence-corrected chi connectivity index (χ3v) is 3.85. The Kier molecular flexibility index (Phi) is 5.51. The van der Waals surface area contributed by atoms with Crippen LogP contribution in [-0.2, 0) is 6.42 Å². The predicted octanol–water partition coefficient (Wildman–Crippen LogP) is 5.18. The predicted molar refractivity (Wildman–Crippen MR) is 100 cm³/mol. The second-order valence-electron chi connectivity index (χ2n) is 5.20. The molecule has 122 valence electrons. The number of rotatable bonds is 6. The maximum Gasteiger partial charge on any atom is 0.229 e. The van der Waals surface area contributed by atoms with Crippen molar-refractivity contribution in [1.82, 2.24) is 9.97 Å². The Bertz CT molecular complexity index is 806. The lowest BCUT2D eigenvalue weighted by Gasteiger charge is -2.09. The summed E-state index contributed by atoms with van der Waals surface area (Å²) in [6.45, 7) is 0.762. The topological polar surface area (TPSA) is 49.8 Å². The minimum absolute atomic E-state index is 0.532. The molecular weight excluding hydrogens is 343 g/mol. The first kappa shape index (κ1) is 16.6. The molecule has 4 nitrogen and oxygen atoms in total. The second kappa shape index (κ2) is 7.99. The SMILES string of the molecule is Clc1ccc(Nc2nccc(NCCc3cccc(Cl)c3)n2)cc1. The summed E-state index contributed by atoms with van der Waals surface area (Å²) < 4.78 is 0. The van der Waals surface area contributed by atoms with Gasteiger partial charge in [-0.15, -0.1) is 0 Å². The van der Waals surface area contributed by atoms with E-state index < -0.39 is 0 Å². The van der Waals surface area contributed by atoms with Gasteiger partial charge in [-0.3, -0.25) is 0 Å². The van der Waals surface area contributed by atoms with Gasteiger partial charge in [0.25, 0.3) is 0 Å². The van der Waals surface area contributed by atoms with Gasteiger partial charge in [0.1, 0.15) is 5.82 Å². The average molecular weight is 359 g/mol. The third-order valence-electron chi connectivity index (χ3n) is 3.36. The number of benzene rings is 2. The van der Waals surface area contributed by atoms with E-state index in [1.807, 2.05) is 48.5 Å². The summed E-state index contributed by atoms with van der Waals surface area (Å²) in [5.74, 6) is 1.30. The molecule has 0 spiro atoms. The molecule has 1 heterocycles. The van der Waals surface area contributed by atoms with E-state index in [-0.39, 0.29) is 0 Å². The van der Waals surface area contributed by atoms with E-state index in [2.05, 4.69) is 26.7 Å². The van der Waals surface area contributed by atoms with Gasteiger partial charge >= 0.3 is 0 Å². The minimum Gasteiger partial charge on any atom is -0.370 e. The van der Waals surface area contributed by atoms with Gasteiger partial charge in [-0.2, -0.15) is 4.98 Å². The third kappa shape index (κ3) is 4.85. The summed E-state index contributed by atoms with van der Waals surface area (Å²) in [4.78, 5) is 8.67. The van der Waals surface area contributed by atoms with Gasteiger partial charge in [0, 0.05) is 28.5 Å². The summed E-state index contributed by atoms with van der Waals surface area (Å²) in [6.07, 6.45) is 2.58. The Balaban J connectivity index is 1.57. The summed E-state index contributed by atoms with van der Waals surface area (Å²) in [6, 6.07) is 17.1. The molecule has 2 aromatic carbocycles. The molecule has 0 bridgehead atoms. The van der Waals surface area contributed by atoms with E-state index in [4.69, 9.17) is 23.2 Å². The zero-order chi connectivity index (χ0) is 16.8.